The minimum absolute atomic E-state index is 0.0690. The Bertz CT molecular complexity index is 426. The first-order chi connectivity index (χ1) is 6.60. The molecule has 0 fully saturated rings. The Balaban J connectivity index is 3.33. The Labute approximate surface area is 87.3 Å². The quantitative estimate of drug-likeness (QED) is 0.605. The summed E-state index contributed by atoms with van der Waals surface area (Å²) in [5.74, 6) is -2.44. The van der Waals surface area contributed by atoms with Gasteiger partial charge in [-0.1, -0.05) is 15.9 Å². The van der Waals surface area contributed by atoms with Crippen molar-refractivity contribution in [2.75, 3.05) is 5.33 Å². The molecule has 1 aromatic rings. The maximum atomic E-state index is 13.0. The Morgan fingerprint density at radius 2 is 2.07 bits per heavy atom. The SMILES string of the molecule is N#Cc1cc(C(=O)CBr)c(F)cc1F. The molecule has 1 aromatic carbocycles. The molecule has 14 heavy (non-hydrogen) atoms. The summed E-state index contributed by atoms with van der Waals surface area (Å²) < 4.78 is 25.8. The van der Waals surface area contributed by atoms with Gasteiger partial charge in [0.1, 0.15) is 17.7 Å². The van der Waals surface area contributed by atoms with Crippen LogP contribution in [0.5, 0.6) is 0 Å². The highest BCUT2D eigenvalue weighted by atomic mass is 79.9. The first kappa shape index (κ1) is 10.8. The molecule has 0 N–H and O–H groups in total. The van der Waals surface area contributed by atoms with Gasteiger partial charge in [0.25, 0.3) is 0 Å². The number of nitrogens with zero attached hydrogens (tertiary/aromatic N) is 1. The number of alkyl halides is 1. The molecular weight excluding hydrogens is 256 g/mol. The third kappa shape index (κ3) is 1.96. The molecule has 0 aliphatic carbocycles. The van der Waals surface area contributed by atoms with Crippen molar-refractivity contribution in [2.24, 2.45) is 0 Å². The van der Waals surface area contributed by atoms with Gasteiger partial charge in [0.05, 0.1) is 16.5 Å². The largest absolute Gasteiger partial charge is 0.293 e. The number of carbonyl (C=O) groups is 1. The molecule has 0 aliphatic heterocycles. The minimum Gasteiger partial charge on any atom is -0.293 e. The van der Waals surface area contributed by atoms with Gasteiger partial charge in [0, 0.05) is 6.07 Å². The van der Waals surface area contributed by atoms with E-state index in [-0.39, 0.29) is 16.5 Å². The zero-order valence-electron chi connectivity index (χ0n) is 6.85. The van der Waals surface area contributed by atoms with E-state index in [4.69, 9.17) is 5.26 Å². The second-order valence-electron chi connectivity index (χ2n) is 2.48. The standard InChI is InChI=1S/C9H4BrF2NO/c10-3-9(14)6-1-5(4-13)7(11)2-8(6)12/h1-2H,3H2. The highest BCUT2D eigenvalue weighted by molar-refractivity contribution is 9.09. The predicted molar refractivity (Wildman–Crippen MR) is 49.2 cm³/mol. The van der Waals surface area contributed by atoms with Crippen LogP contribution in [0.3, 0.4) is 0 Å². The van der Waals surface area contributed by atoms with E-state index in [1.165, 1.54) is 6.07 Å². The average Bonchev–Trinajstić information content (AvgIpc) is 2.17. The highest BCUT2D eigenvalue weighted by Gasteiger charge is 2.14. The van der Waals surface area contributed by atoms with Crippen molar-refractivity contribution in [1.82, 2.24) is 0 Å². The van der Waals surface area contributed by atoms with Gasteiger partial charge < -0.3 is 0 Å². The van der Waals surface area contributed by atoms with Crippen molar-refractivity contribution in [3.63, 3.8) is 0 Å². The summed E-state index contributed by atoms with van der Waals surface area (Å²) in [6.07, 6.45) is 0. The molecular formula is C9H4BrF2NO. The maximum Gasteiger partial charge on any atom is 0.176 e. The van der Waals surface area contributed by atoms with Gasteiger partial charge in [0.2, 0.25) is 0 Å². The average molecular weight is 260 g/mol. The lowest BCUT2D eigenvalue weighted by Crippen LogP contribution is -2.05. The van der Waals surface area contributed by atoms with Crippen LogP contribution >= 0.6 is 15.9 Å². The molecule has 0 bridgehead atoms. The van der Waals surface area contributed by atoms with E-state index in [1.807, 2.05) is 0 Å². The number of nitriles is 1. The van der Waals surface area contributed by atoms with E-state index < -0.39 is 17.4 Å². The Hall–Kier alpha value is -1.28. The molecule has 0 spiro atoms. The lowest BCUT2D eigenvalue weighted by atomic mass is 10.1. The fourth-order valence-corrected chi connectivity index (χ4v) is 1.22. The molecule has 0 amide bonds. The number of ketones is 1. The third-order valence-corrected chi connectivity index (χ3v) is 2.11. The van der Waals surface area contributed by atoms with Crippen LogP contribution in [0.25, 0.3) is 0 Å². The lowest BCUT2D eigenvalue weighted by molar-refractivity contribution is 0.102. The van der Waals surface area contributed by atoms with Crippen LogP contribution in [0.1, 0.15) is 15.9 Å². The number of Topliss-reactive ketones (excluding diaryl/α,β-unsaturated/α-hetero) is 1. The van der Waals surface area contributed by atoms with Crippen LogP contribution in [-0.2, 0) is 0 Å². The molecule has 72 valence electrons. The second kappa shape index (κ2) is 4.29. The summed E-state index contributed by atoms with van der Waals surface area (Å²) in [6.45, 7) is 0. The van der Waals surface area contributed by atoms with Gasteiger partial charge >= 0.3 is 0 Å². The lowest BCUT2D eigenvalue weighted by Gasteiger charge is -2.00. The Morgan fingerprint density at radius 1 is 1.43 bits per heavy atom. The number of halogens is 3. The molecule has 0 saturated carbocycles. The number of benzene rings is 1. The summed E-state index contributed by atoms with van der Waals surface area (Å²) in [5.41, 5.74) is -0.615. The fourth-order valence-electron chi connectivity index (χ4n) is 0.920. The van der Waals surface area contributed by atoms with E-state index in [2.05, 4.69) is 15.9 Å². The van der Waals surface area contributed by atoms with Gasteiger partial charge in [-0.15, -0.1) is 0 Å². The molecule has 0 aromatic heterocycles. The summed E-state index contributed by atoms with van der Waals surface area (Å²) in [4.78, 5) is 11.1. The smallest absolute Gasteiger partial charge is 0.176 e. The zero-order chi connectivity index (χ0) is 10.7. The zero-order valence-corrected chi connectivity index (χ0v) is 8.44. The van der Waals surface area contributed by atoms with Gasteiger partial charge in [0.15, 0.2) is 5.78 Å². The number of carbonyl (C=O) groups excluding carboxylic acids is 1. The first-order valence-electron chi connectivity index (χ1n) is 3.58. The van der Waals surface area contributed by atoms with E-state index in [0.717, 1.165) is 6.07 Å². The van der Waals surface area contributed by atoms with Crippen LogP contribution in [0.2, 0.25) is 0 Å². The van der Waals surface area contributed by atoms with Gasteiger partial charge in [-0.3, -0.25) is 4.79 Å². The third-order valence-electron chi connectivity index (χ3n) is 1.60. The van der Waals surface area contributed by atoms with Crippen LogP contribution in [0, 0.1) is 23.0 Å². The molecule has 0 radical (unpaired) electrons. The monoisotopic (exact) mass is 259 g/mol. The van der Waals surface area contributed by atoms with Crippen LogP contribution in [0.4, 0.5) is 8.78 Å². The van der Waals surface area contributed by atoms with Crippen molar-refractivity contribution in [2.45, 2.75) is 0 Å². The van der Waals surface area contributed by atoms with Crippen LogP contribution in [0.15, 0.2) is 12.1 Å². The summed E-state index contributed by atoms with van der Waals surface area (Å²) in [6, 6.07) is 2.98. The second-order valence-corrected chi connectivity index (χ2v) is 3.04. The first-order valence-corrected chi connectivity index (χ1v) is 4.70. The van der Waals surface area contributed by atoms with Crippen LogP contribution < -0.4 is 0 Å². The van der Waals surface area contributed by atoms with Crippen molar-refractivity contribution in [1.29, 1.82) is 5.26 Å². The molecule has 2 nitrogen and oxygen atoms in total. The minimum atomic E-state index is -0.962. The summed E-state index contributed by atoms with van der Waals surface area (Å²) in [7, 11) is 0. The van der Waals surface area contributed by atoms with Crippen molar-refractivity contribution < 1.29 is 13.6 Å². The fraction of sp³-hybridized carbons (Fsp3) is 0.111. The van der Waals surface area contributed by atoms with E-state index in [0.29, 0.717) is 6.07 Å². The van der Waals surface area contributed by atoms with E-state index >= 15 is 0 Å². The maximum absolute atomic E-state index is 13.0. The molecule has 0 heterocycles. The van der Waals surface area contributed by atoms with Crippen LogP contribution in [-0.4, -0.2) is 11.1 Å². The number of hydrogen-bond donors (Lipinski definition) is 0. The molecule has 1 rings (SSSR count). The molecule has 0 unspecified atom stereocenters. The van der Waals surface area contributed by atoms with Crippen molar-refractivity contribution in [3.8, 4) is 6.07 Å². The molecule has 0 atom stereocenters. The van der Waals surface area contributed by atoms with E-state index in [1.54, 1.807) is 0 Å². The topological polar surface area (TPSA) is 40.9 Å². The Morgan fingerprint density at radius 3 is 2.57 bits per heavy atom. The predicted octanol–water partition coefficient (Wildman–Crippen LogP) is 2.41. The number of rotatable bonds is 2. The van der Waals surface area contributed by atoms with E-state index in [9.17, 15) is 13.6 Å². The molecule has 0 aliphatic rings. The normalized spacial score (nSPS) is 9.57. The molecule has 0 saturated heterocycles. The van der Waals surface area contributed by atoms with Gasteiger partial charge in [-0.05, 0) is 6.07 Å². The van der Waals surface area contributed by atoms with Gasteiger partial charge in [-0.2, -0.15) is 5.26 Å². The number of hydrogen-bond acceptors (Lipinski definition) is 2. The Kier molecular flexibility index (Phi) is 3.31. The summed E-state index contributed by atoms with van der Waals surface area (Å²) in [5, 5.41) is 8.38. The highest BCUT2D eigenvalue weighted by Crippen LogP contribution is 2.15. The van der Waals surface area contributed by atoms with Gasteiger partial charge in [-0.25, -0.2) is 8.78 Å². The molecule has 5 heteroatoms. The van der Waals surface area contributed by atoms with Crippen molar-refractivity contribution >= 4 is 21.7 Å². The summed E-state index contributed by atoms with van der Waals surface area (Å²) >= 11 is 2.86. The van der Waals surface area contributed by atoms with Crippen molar-refractivity contribution in [3.05, 3.63) is 34.9 Å².